The van der Waals surface area contributed by atoms with Gasteiger partial charge in [0.05, 0.1) is 18.2 Å². The van der Waals surface area contributed by atoms with E-state index >= 15 is 0 Å². The summed E-state index contributed by atoms with van der Waals surface area (Å²) in [6.45, 7) is 0. The smallest absolute Gasteiger partial charge is 0.360 e. The van der Waals surface area contributed by atoms with Crippen molar-refractivity contribution in [3.8, 4) is 0 Å². The molecule has 2 rings (SSSR count). The Morgan fingerprint density at radius 2 is 2.27 bits per heavy atom. The van der Waals surface area contributed by atoms with E-state index in [4.69, 9.17) is 11.6 Å². The van der Waals surface area contributed by atoms with Crippen molar-refractivity contribution in [2.45, 2.75) is 31.7 Å². The predicted octanol–water partition coefficient (Wildman–Crippen LogP) is 2.44. The lowest BCUT2D eigenvalue weighted by atomic mass is 10.3. The lowest BCUT2D eigenvalue weighted by Crippen LogP contribution is -2.08. The zero-order valence-electron chi connectivity index (χ0n) is 8.57. The second-order valence-corrected chi connectivity index (χ2v) is 4.14. The number of ether oxygens (including phenoxy) is 1. The van der Waals surface area contributed by atoms with Gasteiger partial charge in [-0.1, -0.05) is 24.4 Å². The van der Waals surface area contributed by atoms with Crippen LogP contribution in [0.15, 0.2) is 6.20 Å². The Balaban J connectivity index is 2.23. The summed E-state index contributed by atoms with van der Waals surface area (Å²) in [6.07, 6.45) is 6.37. The van der Waals surface area contributed by atoms with Crippen LogP contribution in [0.25, 0.3) is 0 Å². The Morgan fingerprint density at radius 1 is 1.60 bits per heavy atom. The van der Waals surface area contributed by atoms with E-state index in [1.165, 1.54) is 20.0 Å². The number of nitrogens with zero attached hydrogens (tertiary/aromatic N) is 2. The number of halogens is 1. The molecule has 0 saturated heterocycles. The highest BCUT2D eigenvalue weighted by atomic mass is 35.5. The third-order valence-corrected chi connectivity index (χ3v) is 3.04. The van der Waals surface area contributed by atoms with E-state index in [9.17, 15) is 4.79 Å². The minimum absolute atomic E-state index is 0.214. The van der Waals surface area contributed by atoms with Gasteiger partial charge in [0.1, 0.15) is 0 Å². The second-order valence-electron chi connectivity index (χ2n) is 3.74. The van der Waals surface area contributed by atoms with Gasteiger partial charge < -0.3 is 4.74 Å². The van der Waals surface area contributed by atoms with E-state index in [0.717, 1.165) is 12.8 Å². The fraction of sp³-hybridized carbons (Fsp3) is 0.600. The Labute approximate surface area is 93.2 Å². The van der Waals surface area contributed by atoms with E-state index in [2.05, 4.69) is 9.84 Å². The normalized spacial score (nSPS) is 16.9. The summed E-state index contributed by atoms with van der Waals surface area (Å²) in [4.78, 5) is 11.3. The molecule has 0 N–H and O–H groups in total. The maximum absolute atomic E-state index is 11.3. The van der Waals surface area contributed by atoms with Crippen molar-refractivity contribution in [1.29, 1.82) is 0 Å². The van der Waals surface area contributed by atoms with Crippen molar-refractivity contribution in [2.75, 3.05) is 7.11 Å². The second kappa shape index (κ2) is 4.23. The van der Waals surface area contributed by atoms with Crippen LogP contribution in [0, 0.1) is 0 Å². The minimum atomic E-state index is -0.475. The first-order valence-electron chi connectivity index (χ1n) is 5.05. The van der Waals surface area contributed by atoms with Crippen molar-refractivity contribution >= 4 is 17.6 Å². The highest BCUT2D eigenvalue weighted by Crippen LogP contribution is 2.30. The van der Waals surface area contributed by atoms with Crippen molar-refractivity contribution in [1.82, 2.24) is 9.78 Å². The maximum Gasteiger partial charge on any atom is 0.360 e. The number of rotatable bonds is 2. The first kappa shape index (κ1) is 10.5. The highest BCUT2D eigenvalue weighted by Gasteiger charge is 2.22. The van der Waals surface area contributed by atoms with Crippen molar-refractivity contribution in [2.24, 2.45) is 0 Å². The molecule has 0 amide bonds. The molecule has 15 heavy (non-hydrogen) atoms. The van der Waals surface area contributed by atoms with Crippen molar-refractivity contribution in [3.05, 3.63) is 16.9 Å². The summed E-state index contributed by atoms with van der Waals surface area (Å²) in [5.74, 6) is -0.475. The van der Waals surface area contributed by atoms with Gasteiger partial charge >= 0.3 is 5.97 Å². The van der Waals surface area contributed by atoms with Crippen molar-refractivity contribution < 1.29 is 9.53 Å². The molecular formula is C10H13ClN2O2. The molecule has 0 atom stereocenters. The van der Waals surface area contributed by atoms with Crippen LogP contribution in [0.3, 0.4) is 0 Å². The van der Waals surface area contributed by atoms with Gasteiger partial charge in [-0.15, -0.1) is 0 Å². The molecule has 1 fully saturated rings. The molecular weight excluding hydrogens is 216 g/mol. The molecule has 1 aliphatic rings. The highest BCUT2D eigenvalue weighted by molar-refractivity contribution is 6.33. The Morgan fingerprint density at radius 3 is 2.87 bits per heavy atom. The Hall–Kier alpha value is -1.03. The maximum atomic E-state index is 11.3. The van der Waals surface area contributed by atoms with Gasteiger partial charge in [-0.25, -0.2) is 4.79 Å². The summed E-state index contributed by atoms with van der Waals surface area (Å²) in [7, 11) is 1.33. The number of hydrogen-bond acceptors (Lipinski definition) is 3. The van der Waals surface area contributed by atoms with Gasteiger partial charge in [-0.2, -0.15) is 5.10 Å². The van der Waals surface area contributed by atoms with E-state index in [1.54, 1.807) is 10.9 Å². The molecule has 4 nitrogen and oxygen atoms in total. The molecule has 1 heterocycles. The Kier molecular flexibility index (Phi) is 2.95. The summed E-state index contributed by atoms with van der Waals surface area (Å²) < 4.78 is 6.39. The Bertz CT molecular complexity index is 369. The van der Waals surface area contributed by atoms with Crippen LogP contribution in [0.4, 0.5) is 0 Å². The van der Waals surface area contributed by atoms with Crippen LogP contribution >= 0.6 is 11.6 Å². The zero-order valence-corrected chi connectivity index (χ0v) is 9.33. The average molecular weight is 229 g/mol. The topological polar surface area (TPSA) is 44.1 Å². The summed E-state index contributed by atoms with van der Waals surface area (Å²) >= 11 is 5.91. The molecule has 0 unspecified atom stereocenters. The fourth-order valence-corrected chi connectivity index (χ4v) is 2.18. The van der Waals surface area contributed by atoms with Crippen LogP contribution in [-0.2, 0) is 4.74 Å². The average Bonchev–Trinajstić information content (AvgIpc) is 2.84. The molecule has 5 heteroatoms. The van der Waals surface area contributed by atoms with Crippen LogP contribution in [-0.4, -0.2) is 22.9 Å². The molecule has 82 valence electrons. The molecule has 0 spiro atoms. The number of aromatic nitrogens is 2. The van der Waals surface area contributed by atoms with E-state index in [1.807, 2.05) is 0 Å². The van der Waals surface area contributed by atoms with E-state index in [0.29, 0.717) is 11.1 Å². The number of carbonyl (C=O) groups excluding carboxylic acids is 1. The minimum Gasteiger partial charge on any atom is -0.464 e. The van der Waals surface area contributed by atoms with E-state index in [-0.39, 0.29) is 5.69 Å². The van der Waals surface area contributed by atoms with Gasteiger partial charge in [0.15, 0.2) is 5.69 Å². The SMILES string of the molecule is COC(=O)c1nn(C2CCCC2)cc1Cl. The van der Waals surface area contributed by atoms with Crippen LogP contribution in [0.2, 0.25) is 5.02 Å². The summed E-state index contributed by atoms with van der Waals surface area (Å²) in [5, 5.41) is 4.54. The molecule has 0 aromatic carbocycles. The number of methoxy groups -OCH3 is 1. The van der Waals surface area contributed by atoms with Gasteiger partial charge in [0.2, 0.25) is 0 Å². The van der Waals surface area contributed by atoms with Gasteiger partial charge in [0.25, 0.3) is 0 Å². The van der Waals surface area contributed by atoms with Gasteiger partial charge in [-0.05, 0) is 12.8 Å². The van der Waals surface area contributed by atoms with Crippen LogP contribution in [0.1, 0.15) is 42.2 Å². The molecule has 0 aliphatic heterocycles. The zero-order chi connectivity index (χ0) is 10.8. The lowest BCUT2D eigenvalue weighted by Gasteiger charge is -2.08. The largest absolute Gasteiger partial charge is 0.464 e. The van der Waals surface area contributed by atoms with Crippen molar-refractivity contribution in [3.63, 3.8) is 0 Å². The third-order valence-electron chi connectivity index (χ3n) is 2.76. The first-order chi connectivity index (χ1) is 7.22. The van der Waals surface area contributed by atoms with Crippen LogP contribution in [0.5, 0.6) is 0 Å². The number of esters is 1. The molecule has 1 saturated carbocycles. The molecule has 0 bridgehead atoms. The number of carbonyl (C=O) groups is 1. The van der Waals surface area contributed by atoms with E-state index < -0.39 is 5.97 Å². The third kappa shape index (κ3) is 2.00. The quantitative estimate of drug-likeness (QED) is 0.731. The van der Waals surface area contributed by atoms with Gasteiger partial charge in [0, 0.05) is 6.20 Å². The van der Waals surface area contributed by atoms with Crippen LogP contribution < -0.4 is 0 Å². The molecule has 0 radical (unpaired) electrons. The molecule has 1 aromatic rings. The standard InChI is InChI=1S/C10H13ClN2O2/c1-15-10(14)9-8(11)6-13(12-9)7-4-2-3-5-7/h6-7H,2-5H2,1H3. The summed E-state index contributed by atoms with van der Waals surface area (Å²) in [6, 6.07) is 0.390. The summed E-state index contributed by atoms with van der Waals surface area (Å²) in [5.41, 5.74) is 0.214. The van der Waals surface area contributed by atoms with Gasteiger partial charge in [-0.3, -0.25) is 4.68 Å². The molecule has 1 aromatic heterocycles. The predicted molar refractivity (Wildman–Crippen MR) is 56.1 cm³/mol. The number of hydrogen-bond donors (Lipinski definition) is 0. The molecule has 1 aliphatic carbocycles. The lowest BCUT2D eigenvalue weighted by molar-refractivity contribution is 0.0593. The fourth-order valence-electron chi connectivity index (χ4n) is 1.96. The first-order valence-corrected chi connectivity index (χ1v) is 5.43. The monoisotopic (exact) mass is 228 g/mol.